The van der Waals surface area contributed by atoms with Crippen LogP contribution in [0, 0.1) is 25.1 Å². The molecule has 2 aromatic carbocycles. The third kappa shape index (κ3) is 6.53. The monoisotopic (exact) mass is 667 g/mol. The number of halogens is 4. The van der Waals surface area contributed by atoms with Gasteiger partial charge in [0.05, 0.1) is 11.4 Å². The summed E-state index contributed by atoms with van der Waals surface area (Å²) in [6.45, 7) is 6.39. The number of nitrogens with zero attached hydrogens (tertiary/aromatic N) is 5. The van der Waals surface area contributed by atoms with Crippen LogP contribution in [0.2, 0.25) is 0 Å². The number of aryl methyl sites for hydroxylation is 2. The lowest BCUT2D eigenvalue weighted by atomic mass is 9.71. The van der Waals surface area contributed by atoms with Crippen LogP contribution < -0.4 is 20.7 Å². The number of carboxylic acid groups (broad SMARTS) is 1. The zero-order chi connectivity index (χ0) is 34.4. The van der Waals surface area contributed by atoms with Crippen LogP contribution in [0.5, 0.6) is 5.88 Å². The van der Waals surface area contributed by atoms with E-state index in [0.29, 0.717) is 60.6 Å². The van der Waals surface area contributed by atoms with E-state index in [1.54, 1.807) is 38.2 Å². The van der Waals surface area contributed by atoms with E-state index in [0.717, 1.165) is 6.42 Å². The summed E-state index contributed by atoms with van der Waals surface area (Å²) in [4.78, 5) is 21.9. The first-order valence-corrected chi connectivity index (χ1v) is 15.8. The molecule has 4 heterocycles. The number of anilines is 2. The molecule has 2 aliphatic rings. The van der Waals surface area contributed by atoms with Crippen molar-refractivity contribution < 1.29 is 32.2 Å². The maximum absolute atomic E-state index is 14.9. The average molecular weight is 668 g/mol. The van der Waals surface area contributed by atoms with Gasteiger partial charge in [-0.05, 0) is 79.8 Å². The molecule has 1 spiro atoms. The van der Waals surface area contributed by atoms with Gasteiger partial charge in [-0.3, -0.25) is 4.79 Å². The van der Waals surface area contributed by atoms with Crippen LogP contribution in [-0.4, -0.2) is 62.2 Å². The van der Waals surface area contributed by atoms with Crippen LogP contribution in [0.15, 0.2) is 54.7 Å². The van der Waals surface area contributed by atoms with E-state index in [2.05, 4.69) is 20.4 Å². The van der Waals surface area contributed by atoms with Crippen molar-refractivity contribution in [2.45, 2.75) is 70.8 Å². The molecule has 14 heteroatoms. The zero-order valence-corrected chi connectivity index (χ0v) is 26.8. The number of hydrogen-bond acceptors (Lipinski definition) is 8. The van der Waals surface area contributed by atoms with Crippen molar-refractivity contribution in [2.75, 3.05) is 23.7 Å². The van der Waals surface area contributed by atoms with Gasteiger partial charge in [0.15, 0.2) is 0 Å². The molecule has 2 saturated heterocycles. The van der Waals surface area contributed by atoms with Gasteiger partial charge >= 0.3 is 12.1 Å². The fourth-order valence-electron chi connectivity index (χ4n) is 7.02. The second-order valence-corrected chi connectivity index (χ2v) is 12.7. The summed E-state index contributed by atoms with van der Waals surface area (Å²) in [6.07, 6.45) is -3.14. The Morgan fingerprint density at radius 1 is 1.10 bits per heavy atom. The molecule has 4 aromatic rings. The number of carboxylic acids is 1. The van der Waals surface area contributed by atoms with E-state index in [4.69, 9.17) is 10.5 Å². The number of aliphatic carboxylic acids is 1. The van der Waals surface area contributed by atoms with Crippen LogP contribution in [0.3, 0.4) is 0 Å². The second kappa shape index (κ2) is 12.7. The number of carbonyl (C=O) groups is 1. The van der Waals surface area contributed by atoms with Crippen LogP contribution in [0.1, 0.15) is 55.5 Å². The van der Waals surface area contributed by atoms with Gasteiger partial charge in [0.25, 0.3) is 0 Å². The number of rotatable bonds is 8. The molecule has 10 nitrogen and oxygen atoms in total. The Hall–Kier alpha value is -4.72. The molecule has 0 radical (unpaired) electrons. The summed E-state index contributed by atoms with van der Waals surface area (Å²) in [5.74, 6) is -1.58. The zero-order valence-electron chi connectivity index (χ0n) is 26.8. The van der Waals surface area contributed by atoms with Crippen molar-refractivity contribution in [2.24, 2.45) is 5.41 Å². The molecule has 6 rings (SSSR count). The summed E-state index contributed by atoms with van der Waals surface area (Å²) in [5, 5.41) is 17.2. The fraction of sp³-hybridized carbons (Fsp3) is 0.412. The van der Waals surface area contributed by atoms with Crippen LogP contribution >= 0.6 is 0 Å². The molecule has 0 bridgehead atoms. The number of alkyl halides is 3. The smallest absolute Gasteiger partial charge is 0.429 e. The predicted molar refractivity (Wildman–Crippen MR) is 171 cm³/mol. The van der Waals surface area contributed by atoms with Crippen molar-refractivity contribution >= 4 is 17.7 Å². The summed E-state index contributed by atoms with van der Waals surface area (Å²) in [7, 11) is 0. The Balaban J connectivity index is 1.31. The summed E-state index contributed by atoms with van der Waals surface area (Å²) < 4.78 is 66.0. The van der Waals surface area contributed by atoms with Gasteiger partial charge < -0.3 is 25.8 Å². The number of aromatic nitrogens is 4. The van der Waals surface area contributed by atoms with Crippen molar-refractivity contribution in [3.05, 3.63) is 77.4 Å². The number of benzene rings is 2. The van der Waals surface area contributed by atoms with Crippen LogP contribution in [0.4, 0.5) is 29.3 Å². The number of ether oxygens (including phenoxy) is 1. The number of hydrogen-bond donors (Lipinski definition) is 3. The molecule has 0 saturated carbocycles. The maximum Gasteiger partial charge on any atom is 0.429 e. The summed E-state index contributed by atoms with van der Waals surface area (Å²) in [6, 6.07) is 11.4. The molecular formula is C34H37F4N7O3. The van der Waals surface area contributed by atoms with Crippen molar-refractivity contribution in [3.63, 3.8) is 0 Å². The predicted octanol–water partition coefficient (Wildman–Crippen LogP) is 6.16. The van der Waals surface area contributed by atoms with Gasteiger partial charge in [0.2, 0.25) is 17.9 Å². The van der Waals surface area contributed by atoms with Crippen LogP contribution in [0.25, 0.3) is 16.8 Å². The van der Waals surface area contributed by atoms with E-state index in [9.17, 15) is 27.5 Å². The van der Waals surface area contributed by atoms with Crippen molar-refractivity contribution in [3.8, 4) is 22.7 Å². The third-order valence-corrected chi connectivity index (χ3v) is 9.57. The SMILES string of the molecule is CCC1NC(C(=O)O)CC12CCN(c1cc(O[C@H](c3ccc(-c4ccc(C)c(F)c4)cc3-n3ccc(C)n3)C(F)(F)F)nc(N)n1)CC2. The second-order valence-electron chi connectivity index (χ2n) is 12.7. The normalized spacial score (nSPS) is 19.9. The van der Waals surface area contributed by atoms with Gasteiger partial charge in [0.1, 0.15) is 17.7 Å². The van der Waals surface area contributed by atoms with E-state index in [1.165, 1.54) is 35.0 Å². The molecule has 48 heavy (non-hydrogen) atoms. The number of nitrogens with one attached hydrogen (secondary N) is 1. The molecule has 3 atom stereocenters. The van der Waals surface area contributed by atoms with Crippen LogP contribution in [-0.2, 0) is 4.79 Å². The third-order valence-electron chi connectivity index (χ3n) is 9.57. The molecule has 254 valence electrons. The van der Waals surface area contributed by atoms with E-state index >= 15 is 0 Å². The van der Waals surface area contributed by atoms with Gasteiger partial charge in [-0.2, -0.15) is 28.2 Å². The fourth-order valence-corrected chi connectivity index (χ4v) is 7.02. The lowest BCUT2D eigenvalue weighted by Gasteiger charge is -2.43. The minimum absolute atomic E-state index is 0.0480. The highest BCUT2D eigenvalue weighted by atomic mass is 19.4. The highest BCUT2D eigenvalue weighted by Gasteiger charge is 2.50. The highest BCUT2D eigenvalue weighted by molar-refractivity contribution is 5.74. The minimum Gasteiger partial charge on any atom is -0.480 e. The molecule has 0 amide bonds. The first-order chi connectivity index (χ1) is 22.8. The van der Waals surface area contributed by atoms with Gasteiger partial charge in [-0.15, -0.1) is 0 Å². The van der Waals surface area contributed by atoms with E-state index < -0.39 is 30.1 Å². The first kappa shape index (κ1) is 33.2. The number of nitrogen functional groups attached to an aromatic ring is 1. The molecule has 4 N–H and O–H groups in total. The molecular weight excluding hydrogens is 630 g/mol. The van der Waals surface area contributed by atoms with Gasteiger partial charge in [-0.25, -0.2) is 9.07 Å². The Morgan fingerprint density at radius 2 is 1.81 bits per heavy atom. The van der Waals surface area contributed by atoms with Gasteiger partial charge in [0, 0.05) is 37.0 Å². The molecule has 2 fully saturated rings. The Bertz CT molecular complexity index is 1820. The Labute approximate surface area is 274 Å². The lowest BCUT2D eigenvalue weighted by molar-refractivity contribution is -0.198. The van der Waals surface area contributed by atoms with E-state index in [1.807, 2.05) is 11.8 Å². The van der Waals surface area contributed by atoms with E-state index in [-0.39, 0.29) is 34.5 Å². The molecule has 2 aromatic heterocycles. The number of nitrogens with two attached hydrogens (primary N) is 1. The van der Waals surface area contributed by atoms with Gasteiger partial charge in [-0.1, -0.05) is 31.2 Å². The maximum atomic E-state index is 14.9. The average Bonchev–Trinajstić information content (AvgIpc) is 3.64. The molecule has 2 aliphatic heterocycles. The lowest BCUT2D eigenvalue weighted by Crippen LogP contribution is -2.46. The quantitative estimate of drug-likeness (QED) is 0.189. The first-order valence-electron chi connectivity index (χ1n) is 15.8. The topological polar surface area (TPSA) is 131 Å². The summed E-state index contributed by atoms with van der Waals surface area (Å²) in [5.41, 5.74) is 7.70. The molecule has 2 unspecified atom stereocenters. The molecule has 0 aliphatic carbocycles. The van der Waals surface area contributed by atoms with Crippen molar-refractivity contribution in [1.29, 1.82) is 0 Å². The Kier molecular flexibility index (Phi) is 8.79. The summed E-state index contributed by atoms with van der Waals surface area (Å²) >= 11 is 0. The largest absolute Gasteiger partial charge is 0.480 e. The highest BCUT2D eigenvalue weighted by Crippen LogP contribution is 2.46. The Morgan fingerprint density at radius 3 is 2.44 bits per heavy atom. The van der Waals surface area contributed by atoms with Crippen molar-refractivity contribution in [1.82, 2.24) is 25.1 Å². The minimum atomic E-state index is -4.88. The standard InChI is InChI=1S/C34H37F4N7O3/c1-4-27-33(18-25(40-27)31(46)47)10-13-44(14-11-33)28-17-29(42-32(39)41-28)48-30(34(36,37)38)23-8-7-22(21-6-5-19(2)24(35)15-21)16-26(23)45-12-9-20(3)43-45/h5-9,12,15-17,25,27,30,40H,4,10-11,13-14,18H2,1-3H3,(H,46,47)(H2,39,41,42)/t25?,27?,30-/m1/s1. The number of piperidine rings is 1.